The maximum atomic E-state index is 11.1. The second-order valence-electron chi connectivity index (χ2n) is 2.32. The van der Waals surface area contributed by atoms with Gasteiger partial charge < -0.3 is 9.84 Å². The summed E-state index contributed by atoms with van der Waals surface area (Å²) in [5.41, 5.74) is -0.387. The van der Waals surface area contributed by atoms with Crippen molar-refractivity contribution in [2.45, 2.75) is 6.92 Å². The number of carbonyl (C=O) groups is 2. The molecule has 14 heavy (non-hydrogen) atoms. The van der Waals surface area contributed by atoms with Gasteiger partial charge in [0.2, 0.25) is 0 Å². The van der Waals surface area contributed by atoms with Crippen molar-refractivity contribution in [3.05, 3.63) is 23.8 Å². The molecule has 6 heteroatoms. The van der Waals surface area contributed by atoms with Gasteiger partial charge in [-0.1, -0.05) is 0 Å². The molecule has 1 aromatic heterocycles. The first-order valence-electron chi connectivity index (χ1n) is 3.87. The molecular weight excluding hydrogens is 188 g/mol. The van der Waals surface area contributed by atoms with Crippen molar-refractivity contribution in [3.63, 3.8) is 0 Å². The summed E-state index contributed by atoms with van der Waals surface area (Å²) in [4.78, 5) is 28.7. The zero-order valence-electron chi connectivity index (χ0n) is 7.43. The van der Waals surface area contributed by atoms with Crippen molar-refractivity contribution in [1.29, 1.82) is 0 Å². The third-order valence-electron chi connectivity index (χ3n) is 1.34. The molecule has 0 aliphatic carbocycles. The summed E-state index contributed by atoms with van der Waals surface area (Å²) >= 11 is 0. The molecule has 0 saturated carbocycles. The van der Waals surface area contributed by atoms with Crippen LogP contribution in [0.4, 0.5) is 0 Å². The smallest absolute Gasteiger partial charge is 0.358 e. The zero-order chi connectivity index (χ0) is 10.6. The Bertz CT molecular complexity index is 364. The molecule has 1 aromatic rings. The van der Waals surface area contributed by atoms with Crippen LogP contribution in [0.25, 0.3) is 0 Å². The van der Waals surface area contributed by atoms with Crippen LogP contribution in [0.15, 0.2) is 12.4 Å². The van der Waals surface area contributed by atoms with Crippen molar-refractivity contribution in [2.75, 3.05) is 6.61 Å². The molecule has 74 valence electrons. The fourth-order valence-electron chi connectivity index (χ4n) is 0.772. The Morgan fingerprint density at radius 3 is 2.64 bits per heavy atom. The molecule has 1 N–H and O–H groups in total. The summed E-state index contributed by atoms with van der Waals surface area (Å²) in [5.74, 6) is -1.91. The van der Waals surface area contributed by atoms with Crippen molar-refractivity contribution < 1.29 is 19.4 Å². The second kappa shape index (κ2) is 4.31. The minimum absolute atomic E-state index is 0.105. The van der Waals surface area contributed by atoms with Gasteiger partial charge in [0, 0.05) is 0 Å². The molecule has 0 bridgehead atoms. The van der Waals surface area contributed by atoms with Gasteiger partial charge >= 0.3 is 11.9 Å². The largest absolute Gasteiger partial charge is 0.476 e. The van der Waals surface area contributed by atoms with E-state index in [1.54, 1.807) is 6.92 Å². The Kier molecular flexibility index (Phi) is 3.11. The predicted molar refractivity (Wildman–Crippen MR) is 44.9 cm³/mol. The average Bonchev–Trinajstić information content (AvgIpc) is 2.18. The molecular formula is C8H8N2O4. The summed E-state index contributed by atoms with van der Waals surface area (Å²) in [7, 11) is 0. The number of aromatic nitrogens is 2. The third-order valence-corrected chi connectivity index (χ3v) is 1.34. The highest BCUT2D eigenvalue weighted by Crippen LogP contribution is 1.98. The van der Waals surface area contributed by atoms with Gasteiger partial charge in [0.1, 0.15) is 0 Å². The van der Waals surface area contributed by atoms with Gasteiger partial charge in [-0.2, -0.15) is 0 Å². The molecule has 0 fully saturated rings. The molecule has 0 unspecified atom stereocenters. The molecule has 0 aliphatic rings. The minimum Gasteiger partial charge on any atom is -0.476 e. The lowest BCUT2D eigenvalue weighted by molar-refractivity contribution is 0.0518. The van der Waals surface area contributed by atoms with Crippen LogP contribution in [-0.2, 0) is 4.74 Å². The molecule has 0 radical (unpaired) electrons. The van der Waals surface area contributed by atoms with Crippen LogP contribution in [0.2, 0.25) is 0 Å². The van der Waals surface area contributed by atoms with Gasteiger partial charge in [0.25, 0.3) is 0 Å². The first kappa shape index (κ1) is 10.1. The maximum absolute atomic E-state index is 11.1. The number of esters is 1. The molecule has 1 rings (SSSR count). The van der Waals surface area contributed by atoms with E-state index >= 15 is 0 Å². The molecule has 0 amide bonds. The molecule has 0 saturated heterocycles. The van der Waals surface area contributed by atoms with E-state index in [-0.39, 0.29) is 18.0 Å². The van der Waals surface area contributed by atoms with Crippen LogP contribution in [0.1, 0.15) is 27.9 Å². The molecule has 0 atom stereocenters. The molecule has 1 heterocycles. The topological polar surface area (TPSA) is 89.4 Å². The molecule has 0 spiro atoms. The monoisotopic (exact) mass is 196 g/mol. The summed E-state index contributed by atoms with van der Waals surface area (Å²) < 4.78 is 4.63. The number of hydrogen-bond donors (Lipinski definition) is 1. The van der Waals surface area contributed by atoms with Crippen molar-refractivity contribution >= 4 is 11.9 Å². The van der Waals surface area contributed by atoms with Crippen molar-refractivity contribution in [2.24, 2.45) is 0 Å². The summed E-state index contributed by atoms with van der Waals surface area (Å²) in [6.45, 7) is 1.85. The SMILES string of the molecule is CCOC(=O)c1cncc(C(=O)O)n1. The number of hydrogen-bond acceptors (Lipinski definition) is 5. The van der Waals surface area contributed by atoms with Crippen LogP contribution >= 0.6 is 0 Å². The lowest BCUT2D eigenvalue weighted by Crippen LogP contribution is -2.11. The maximum Gasteiger partial charge on any atom is 0.358 e. The van der Waals surface area contributed by atoms with Gasteiger partial charge in [-0.3, -0.25) is 4.98 Å². The Balaban J connectivity index is 2.93. The van der Waals surface area contributed by atoms with Gasteiger partial charge in [-0.05, 0) is 6.92 Å². The van der Waals surface area contributed by atoms with E-state index in [1.807, 2.05) is 0 Å². The van der Waals surface area contributed by atoms with Crippen LogP contribution in [-0.4, -0.2) is 33.6 Å². The number of carboxylic acids is 1. The van der Waals surface area contributed by atoms with E-state index in [1.165, 1.54) is 0 Å². The van der Waals surface area contributed by atoms with E-state index in [9.17, 15) is 9.59 Å². The summed E-state index contributed by atoms with van der Waals surface area (Å²) in [6.07, 6.45) is 2.22. The highest BCUT2D eigenvalue weighted by molar-refractivity contribution is 5.90. The van der Waals surface area contributed by atoms with E-state index in [0.717, 1.165) is 12.4 Å². The van der Waals surface area contributed by atoms with E-state index in [2.05, 4.69) is 14.7 Å². The fraction of sp³-hybridized carbons (Fsp3) is 0.250. The number of rotatable bonds is 3. The van der Waals surface area contributed by atoms with Crippen LogP contribution < -0.4 is 0 Å². The van der Waals surface area contributed by atoms with Gasteiger partial charge in [0.05, 0.1) is 19.0 Å². The number of aromatic carboxylic acids is 1. The Labute approximate surface area is 79.6 Å². The lowest BCUT2D eigenvalue weighted by atomic mass is 10.4. The summed E-state index contributed by atoms with van der Waals surface area (Å²) in [6, 6.07) is 0. The van der Waals surface area contributed by atoms with Crippen molar-refractivity contribution in [3.8, 4) is 0 Å². The minimum atomic E-state index is -1.23. The number of nitrogens with zero attached hydrogens (tertiary/aromatic N) is 2. The Morgan fingerprint density at radius 1 is 1.43 bits per heavy atom. The van der Waals surface area contributed by atoms with Gasteiger partial charge in [-0.25, -0.2) is 14.6 Å². The highest BCUT2D eigenvalue weighted by atomic mass is 16.5. The molecule has 0 aliphatic heterocycles. The van der Waals surface area contributed by atoms with Crippen LogP contribution in [0.3, 0.4) is 0 Å². The normalized spacial score (nSPS) is 9.50. The average molecular weight is 196 g/mol. The predicted octanol–water partition coefficient (Wildman–Crippen LogP) is 0.352. The first-order valence-corrected chi connectivity index (χ1v) is 3.87. The third kappa shape index (κ3) is 2.25. The van der Waals surface area contributed by atoms with Crippen LogP contribution in [0.5, 0.6) is 0 Å². The number of carbonyl (C=O) groups excluding carboxylic acids is 1. The summed E-state index contributed by atoms with van der Waals surface area (Å²) in [5, 5.41) is 8.57. The second-order valence-corrected chi connectivity index (χ2v) is 2.32. The zero-order valence-corrected chi connectivity index (χ0v) is 7.43. The van der Waals surface area contributed by atoms with Crippen LogP contribution in [0, 0.1) is 0 Å². The van der Waals surface area contributed by atoms with Gasteiger partial charge in [0.15, 0.2) is 11.4 Å². The molecule has 6 nitrogen and oxygen atoms in total. The Hall–Kier alpha value is -1.98. The fourth-order valence-corrected chi connectivity index (χ4v) is 0.772. The standard InChI is InChI=1S/C8H8N2O4/c1-2-14-8(13)6-4-9-3-5(10-6)7(11)12/h3-4H,2H2,1H3,(H,11,12). The molecule has 0 aromatic carbocycles. The van der Waals surface area contributed by atoms with Gasteiger partial charge in [-0.15, -0.1) is 0 Å². The van der Waals surface area contributed by atoms with E-state index in [0.29, 0.717) is 0 Å². The van der Waals surface area contributed by atoms with Crippen molar-refractivity contribution in [1.82, 2.24) is 9.97 Å². The van der Waals surface area contributed by atoms with E-state index in [4.69, 9.17) is 5.11 Å². The highest BCUT2D eigenvalue weighted by Gasteiger charge is 2.12. The Morgan fingerprint density at radius 2 is 2.07 bits per heavy atom. The lowest BCUT2D eigenvalue weighted by Gasteiger charge is -2.00. The number of carboxylic acid groups (broad SMARTS) is 1. The van der Waals surface area contributed by atoms with E-state index < -0.39 is 11.9 Å². The first-order chi connectivity index (χ1) is 6.65. The quantitative estimate of drug-likeness (QED) is 0.701. The number of ether oxygens (including phenoxy) is 1.